The Kier molecular flexibility index (Phi) is 4.87. The molecular formula is C14H18BrClN2O. The Hall–Kier alpha value is -0.580. The fourth-order valence-corrected chi connectivity index (χ4v) is 3.39. The first-order valence-electron chi connectivity index (χ1n) is 6.47. The molecule has 1 saturated carbocycles. The van der Waals surface area contributed by atoms with Crippen LogP contribution < -0.4 is 5.73 Å². The van der Waals surface area contributed by atoms with Crippen molar-refractivity contribution in [1.29, 1.82) is 0 Å². The molecule has 1 aliphatic carbocycles. The molecule has 0 radical (unpaired) electrons. The van der Waals surface area contributed by atoms with E-state index in [1.807, 2.05) is 11.9 Å². The minimum Gasteiger partial charge on any atom is -0.338 e. The van der Waals surface area contributed by atoms with Crippen molar-refractivity contribution in [3.8, 4) is 0 Å². The summed E-state index contributed by atoms with van der Waals surface area (Å²) in [5.74, 6) is 0.409. The molecule has 2 atom stereocenters. The molecule has 5 heteroatoms. The van der Waals surface area contributed by atoms with Crippen LogP contribution in [0, 0.1) is 5.92 Å². The third kappa shape index (κ3) is 3.12. The summed E-state index contributed by atoms with van der Waals surface area (Å²) in [7, 11) is 1.86. The summed E-state index contributed by atoms with van der Waals surface area (Å²) in [6.07, 6.45) is 3.28. The van der Waals surface area contributed by atoms with E-state index >= 15 is 0 Å². The van der Waals surface area contributed by atoms with Crippen molar-refractivity contribution in [2.45, 2.75) is 25.3 Å². The number of carbonyl (C=O) groups is 1. The van der Waals surface area contributed by atoms with Crippen molar-refractivity contribution in [3.63, 3.8) is 0 Å². The first kappa shape index (κ1) is 14.8. The molecule has 0 saturated heterocycles. The fraction of sp³-hybridized carbons (Fsp3) is 0.500. The number of hydrogen-bond acceptors (Lipinski definition) is 2. The Morgan fingerprint density at radius 3 is 2.95 bits per heavy atom. The van der Waals surface area contributed by atoms with Gasteiger partial charge < -0.3 is 10.6 Å². The lowest BCUT2D eigenvalue weighted by Crippen LogP contribution is -2.41. The average molecular weight is 346 g/mol. The number of hydrogen-bond donors (Lipinski definition) is 1. The van der Waals surface area contributed by atoms with Gasteiger partial charge in [0.25, 0.3) is 5.91 Å². The van der Waals surface area contributed by atoms with E-state index < -0.39 is 0 Å². The van der Waals surface area contributed by atoms with Crippen LogP contribution in [-0.4, -0.2) is 30.4 Å². The van der Waals surface area contributed by atoms with E-state index in [1.165, 1.54) is 0 Å². The van der Waals surface area contributed by atoms with Crippen molar-refractivity contribution >= 4 is 33.4 Å². The van der Waals surface area contributed by atoms with Crippen LogP contribution in [0.2, 0.25) is 5.02 Å². The maximum absolute atomic E-state index is 12.6. The van der Waals surface area contributed by atoms with Crippen LogP contribution in [0.5, 0.6) is 0 Å². The van der Waals surface area contributed by atoms with Crippen molar-refractivity contribution in [2.24, 2.45) is 11.7 Å². The maximum Gasteiger partial charge on any atom is 0.255 e. The van der Waals surface area contributed by atoms with E-state index in [0.717, 1.165) is 23.7 Å². The SMILES string of the molecule is CN(C(=O)c1cc(Cl)ccc1Br)C1CCCC1CN. The summed E-state index contributed by atoms with van der Waals surface area (Å²) in [5.41, 5.74) is 6.40. The Morgan fingerprint density at radius 1 is 1.53 bits per heavy atom. The van der Waals surface area contributed by atoms with Gasteiger partial charge in [0.1, 0.15) is 0 Å². The summed E-state index contributed by atoms with van der Waals surface area (Å²) < 4.78 is 0.774. The molecule has 0 aliphatic heterocycles. The lowest BCUT2D eigenvalue weighted by molar-refractivity contribution is 0.0699. The predicted molar refractivity (Wildman–Crippen MR) is 81.4 cm³/mol. The van der Waals surface area contributed by atoms with Crippen LogP contribution in [0.25, 0.3) is 0 Å². The third-order valence-corrected chi connectivity index (χ3v) is 4.82. The number of rotatable bonds is 3. The van der Waals surface area contributed by atoms with Gasteiger partial charge in [-0.1, -0.05) is 18.0 Å². The van der Waals surface area contributed by atoms with Crippen molar-refractivity contribution in [3.05, 3.63) is 33.3 Å². The highest BCUT2D eigenvalue weighted by molar-refractivity contribution is 9.10. The number of benzene rings is 1. The molecule has 2 rings (SSSR count). The van der Waals surface area contributed by atoms with E-state index in [9.17, 15) is 4.79 Å². The lowest BCUT2D eigenvalue weighted by Gasteiger charge is -2.29. The van der Waals surface area contributed by atoms with Gasteiger partial charge in [0.15, 0.2) is 0 Å². The van der Waals surface area contributed by atoms with Crippen LogP contribution in [0.15, 0.2) is 22.7 Å². The predicted octanol–water partition coefficient (Wildman–Crippen LogP) is 3.30. The zero-order valence-corrected chi connectivity index (χ0v) is 13.2. The summed E-state index contributed by atoms with van der Waals surface area (Å²) in [6.45, 7) is 0.638. The van der Waals surface area contributed by atoms with E-state index in [4.69, 9.17) is 17.3 Å². The molecule has 1 aromatic carbocycles. The Balaban J connectivity index is 2.21. The van der Waals surface area contributed by atoms with E-state index in [0.29, 0.717) is 23.0 Å². The van der Waals surface area contributed by atoms with E-state index in [-0.39, 0.29) is 11.9 Å². The van der Waals surface area contributed by atoms with Crippen molar-refractivity contribution in [2.75, 3.05) is 13.6 Å². The number of halogens is 2. The molecule has 0 heterocycles. The molecule has 2 unspecified atom stereocenters. The van der Waals surface area contributed by atoms with Crippen LogP contribution in [0.3, 0.4) is 0 Å². The number of nitrogens with zero attached hydrogens (tertiary/aromatic N) is 1. The molecule has 104 valence electrons. The smallest absolute Gasteiger partial charge is 0.255 e. The molecular weight excluding hydrogens is 328 g/mol. The van der Waals surface area contributed by atoms with Gasteiger partial charge in [-0.25, -0.2) is 0 Å². The molecule has 3 nitrogen and oxygen atoms in total. The second kappa shape index (κ2) is 6.25. The normalized spacial score (nSPS) is 22.5. The van der Waals surface area contributed by atoms with Crippen molar-refractivity contribution in [1.82, 2.24) is 4.90 Å². The molecule has 1 aromatic rings. The topological polar surface area (TPSA) is 46.3 Å². The zero-order chi connectivity index (χ0) is 14.0. The molecule has 0 spiro atoms. The van der Waals surface area contributed by atoms with E-state index in [1.54, 1.807) is 18.2 Å². The molecule has 0 aromatic heterocycles. The van der Waals surface area contributed by atoms with Crippen LogP contribution in [0.1, 0.15) is 29.6 Å². The highest BCUT2D eigenvalue weighted by atomic mass is 79.9. The number of nitrogens with two attached hydrogens (primary N) is 1. The van der Waals surface area contributed by atoms with Gasteiger partial charge in [0.05, 0.1) is 5.56 Å². The second-order valence-corrected chi connectivity index (χ2v) is 6.33. The van der Waals surface area contributed by atoms with E-state index in [2.05, 4.69) is 15.9 Å². The maximum atomic E-state index is 12.6. The summed E-state index contributed by atoms with van der Waals surface area (Å²) in [4.78, 5) is 14.4. The third-order valence-electron chi connectivity index (χ3n) is 3.90. The fourth-order valence-electron chi connectivity index (χ4n) is 2.80. The first-order chi connectivity index (χ1) is 9.04. The van der Waals surface area contributed by atoms with Crippen molar-refractivity contribution < 1.29 is 4.79 Å². The van der Waals surface area contributed by atoms with Gasteiger partial charge in [-0.15, -0.1) is 0 Å². The molecule has 0 bridgehead atoms. The monoisotopic (exact) mass is 344 g/mol. The zero-order valence-electron chi connectivity index (χ0n) is 10.9. The second-order valence-electron chi connectivity index (χ2n) is 5.03. The van der Waals surface area contributed by atoms with Gasteiger partial charge in [0.2, 0.25) is 0 Å². The Morgan fingerprint density at radius 2 is 2.26 bits per heavy atom. The molecule has 19 heavy (non-hydrogen) atoms. The molecule has 1 amide bonds. The highest BCUT2D eigenvalue weighted by Gasteiger charge is 2.32. The number of carbonyl (C=O) groups excluding carboxylic acids is 1. The van der Waals surface area contributed by atoms with Gasteiger partial charge in [-0.3, -0.25) is 4.79 Å². The summed E-state index contributed by atoms with van der Waals surface area (Å²) in [6, 6.07) is 5.51. The lowest BCUT2D eigenvalue weighted by atomic mass is 10.0. The largest absolute Gasteiger partial charge is 0.338 e. The van der Waals surface area contributed by atoms with Gasteiger partial charge in [0, 0.05) is 22.6 Å². The number of amides is 1. The van der Waals surface area contributed by atoms with Gasteiger partial charge >= 0.3 is 0 Å². The minimum absolute atomic E-state index is 0.000255. The van der Waals surface area contributed by atoms with Gasteiger partial charge in [-0.05, 0) is 59.4 Å². The standard InChI is InChI=1S/C14H18BrClN2O/c1-18(13-4-2-3-9(13)8-17)14(19)11-7-10(16)5-6-12(11)15/h5-7,9,13H,2-4,8,17H2,1H3. The van der Waals surface area contributed by atoms with Gasteiger partial charge in [-0.2, -0.15) is 0 Å². The molecule has 1 fully saturated rings. The molecule has 2 N–H and O–H groups in total. The summed E-state index contributed by atoms with van der Waals surface area (Å²) >= 11 is 9.38. The Bertz CT molecular complexity index is 481. The highest BCUT2D eigenvalue weighted by Crippen LogP contribution is 2.30. The van der Waals surface area contributed by atoms with Crippen LogP contribution in [0.4, 0.5) is 0 Å². The van der Waals surface area contributed by atoms with Crippen LogP contribution >= 0.6 is 27.5 Å². The molecule has 1 aliphatic rings. The first-order valence-corrected chi connectivity index (χ1v) is 7.64. The average Bonchev–Trinajstić information content (AvgIpc) is 2.88. The Labute approximate surface area is 127 Å². The van der Waals surface area contributed by atoms with Crippen LogP contribution in [-0.2, 0) is 0 Å². The quantitative estimate of drug-likeness (QED) is 0.913. The summed E-state index contributed by atoms with van der Waals surface area (Å²) in [5, 5.41) is 0.571. The minimum atomic E-state index is -0.000255.